The van der Waals surface area contributed by atoms with E-state index in [1.807, 2.05) is 18.2 Å². The van der Waals surface area contributed by atoms with Gasteiger partial charge in [-0.05, 0) is 51.2 Å². The van der Waals surface area contributed by atoms with Crippen LogP contribution >= 0.6 is 15.9 Å². The summed E-state index contributed by atoms with van der Waals surface area (Å²) in [7, 11) is 0. The van der Waals surface area contributed by atoms with Crippen molar-refractivity contribution in [2.45, 2.75) is 19.4 Å². The first kappa shape index (κ1) is 14.2. The molecule has 0 amide bonds. The molecule has 0 aliphatic carbocycles. The van der Waals surface area contributed by atoms with E-state index in [-0.39, 0.29) is 11.9 Å². The molecule has 0 saturated heterocycles. The first-order chi connectivity index (χ1) is 9.15. The molecule has 2 aromatic rings. The van der Waals surface area contributed by atoms with Crippen molar-refractivity contribution >= 4 is 15.9 Å². The molecule has 1 unspecified atom stereocenters. The summed E-state index contributed by atoms with van der Waals surface area (Å²) in [6.45, 7) is 2.11. The highest BCUT2D eigenvalue weighted by Crippen LogP contribution is 2.25. The highest BCUT2D eigenvalue weighted by atomic mass is 79.9. The molecule has 4 heteroatoms. The van der Waals surface area contributed by atoms with E-state index in [9.17, 15) is 4.39 Å². The van der Waals surface area contributed by atoms with Crippen LogP contribution in [0.4, 0.5) is 4.39 Å². The van der Waals surface area contributed by atoms with Gasteiger partial charge in [0.25, 0.3) is 0 Å². The Labute approximate surface area is 120 Å². The molecule has 0 heterocycles. The summed E-state index contributed by atoms with van der Waals surface area (Å²) in [5.41, 5.74) is 5.82. The molecular weight excluding hydrogens is 307 g/mol. The second kappa shape index (κ2) is 6.28. The average molecular weight is 323 g/mol. The third-order valence-electron chi connectivity index (χ3n) is 3.16. The lowest BCUT2D eigenvalue weighted by atomic mass is 9.98. The summed E-state index contributed by atoms with van der Waals surface area (Å²) in [4.78, 5) is 0. The quantitative estimate of drug-likeness (QED) is 0.665. The molecule has 0 aromatic heterocycles. The Morgan fingerprint density at radius 3 is 2.32 bits per heavy atom. The summed E-state index contributed by atoms with van der Waals surface area (Å²) in [5, 5.41) is 0. The maximum atomic E-state index is 13.6. The van der Waals surface area contributed by atoms with E-state index >= 15 is 0 Å². The van der Waals surface area contributed by atoms with E-state index in [1.54, 1.807) is 6.07 Å². The molecule has 19 heavy (non-hydrogen) atoms. The fourth-order valence-corrected chi connectivity index (χ4v) is 2.27. The topological polar surface area (TPSA) is 38.0 Å². The van der Waals surface area contributed by atoms with Crippen molar-refractivity contribution in [1.82, 2.24) is 5.43 Å². The van der Waals surface area contributed by atoms with E-state index < -0.39 is 0 Å². The molecule has 2 rings (SSSR count). The number of rotatable bonds is 4. The van der Waals surface area contributed by atoms with Crippen LogP contribution in [0.5, 0.6) is 0 Å². The molecule has 3 N–H and O–H groups in total. The maximum absolute atomic E-state index is 13.6. The standard InChI is InChI=1S/C15H16BrFN2/c1-2-10-3-5-11(6-4-10)15(19-18)12-7-8-13(16)14(17)9-12/h3-9,15,19H,2,18H2,1H3. The van der Waals surface area contributed by atoms with Crippen LogP contribution in [0.3, 0.4) is 0 Å². The van der Waals surface area contributed by atoms with Crippen molar-refractivity contribution in [3.8, 4) is 0 Å². The number of hydrazine groups is 1. The normalized spacial score (nSPS) is 12.4. The largest absolute Gasteiger partial charge is 0.271 e. The number of benzene rings is 2. The first-order valence-corrected chi connectivity index (χ1v) is 6.95. The van der Waals surface area contributed by atoms with Gasteiger partial charge in [-0.25, -0.2) is 9.82 Å². The Morgan fingerprint density at radius 2 is 1.79 bits per heavy atom. The molecule has 2 nitrogen and oxygen atoms in total. The van der Waals surface area contributed by atoms with Crippen LogP contribution < -0.4 is 11.3 Å². The van der Waals surface area contributed by atoms with E-state index in [4.69, 9.17) is 5.84 Å². The van der Waals surface area contributed by atoms with Crippen molar-refractivity contribution in [2.75, 3.05) is 0 Å². The third kappa shape index (κ3) is 3.21. The van der Waals surface area contributed by atoms with Gasteiger partial charge in [-0.1, -0.05) is 37.3 Å². The molecule has 0 fully saturated rings. The molecule has 1 atom stereocenters. The van der Waals surface area contributed by atoms with E-state index in [0.717, 1.165) is 17.5 Å². The van der Waals surface area contributed by atoms with Crippen molar-refractivity contribution < 1.29 is 4.39 Å². The van der Waals surface area contributed by atoms with Crippen LogP contribution in [0.25, 0.3) is 0 Å². The summed E-state index contributed by atoms with van der Waals surface area (Å²) < 4.78 is 14.0. The van der Waals surface area contributed by atoms with E-state index in [0.29, 0.717) is 4.47 Å². The van der Waals surface area contributed by atoms with Gasteiger partial charge in [0, 0.05) is 0 Å². The molecule has 0 spiro atoms. The van der Waals surface area contributed by atoms with Crippen LogP contribution in [-0.4, -0.2) is 0 Å². The van der Waals surface area contributed by atoms with Crippen LogP contribution in [0.2, 0.25) is 0 Å². The van der Waals surface area contributed by atoms with Crippen molar-refractivity contribution in [1.29, 1.82) is 0 Å². The Kier molecular flexibility index (Phi) is 4.69. The summed E-state index contributed by atoms with van der Waals surface area (Å²) >= 11 is 3.15. The zero-order valence-electron chi connectivity index (χ0n) is 10.7. The highest BCUT2D eigenvalue weighted by Gasteiger charge is 2.13. The third-order valence-corrected chi connectivity index (χ3v) is 3.81. The second-order valence-electron chi connectivity index (χ2n) is 4.37. The lowest BCUT2D eigenvalue weighted by molar-refractivity contribution is 0.600. The van der Waals surface area contributed by atoms with Crippen LogP contribution in [0.1, 0.15) is 29.7 Å². The number of nitrogens with one attached hydrogen (secondary N) is 1. The van der Waals surface area contributed by atoms with Gasteiger partial charge in [-0.15, -0.1) is 0 Å². The Balaban J connectivity index is 2.34. The van der Waals surface area contributed by atoms with Crippen LogP contribution in [0.15, 0.2) is 46.9 Å². The Bertz CT molecular complexity index is 555. The minimum Gasteiger partial charge on any atom is -0.271 e. The zero-order valence-corrected chi connectivity index (χ0v) is 12.2. The van der Waals surface area contributed by atoms with Gasteiger partial charge in [-0.3, -0.25) is 5.84 Å². The highest BCUT2D eigenvalue weighted by molar-refractivity contribution is 9.10. The maximum Gasteiger partial charge on any atom is 0.137 e. The van der Waals surface area contributed by atoms with Crippen molar-refractivity contribution in [3.05, 3.63) is 69.4 Å². The van der Waals surface area contributed by atoms with Gasteiger partial charge < -0.3 is 0 Å². The smallest absolute Gasteiger partial charge is 0.137 e. The summed E-state index contributed by atoms with van der Waals surface area (Å²) in [6.07, 6.45) is 0.994. The number of hydrogen-bond donors (Lipinski definition) is 2. The Morgan fingerprint density at radius 1 is 1.16 bits per heavy atom. The van der Waals surface area contributed by atoms with Crippen LogP contribution in [0, 0.1) is 5.82 Å². The molecule has 0 aliphatic heterocycles. The van der Waals surface area contributed by atoms with Gasteiger partial charge in [0.15, 0.2) is 0 Å². The van der Waals surface area contributed by atoms with Gasteiger partial charge in [0.1, 0.15) is 5.82 Å². The monoisotopic (exact) mass is 322 g/mol. The van der Waals surface area contributed by atoms with Crippen LogP contribution in [-0.2, 0) is 6.42 Å². The lowest BCUT2D eigenvalue weighted by Crippen LogP contribution is -2.28. The number of hydrogen-bond acceptors (Lipinski definition) is 2. The second-order valence-corrected chi connectivity index (χ2v) is 5.22. The van der Waals surface area contributed by atoms with E-state index in [1.165, 1.54) is 11.6 Å². The SMILES string of the molecule is CCc1ccc(C(NN)c2ccc(Br)c(F)c2)cc1. The molecule has 100 valence electrons. The van der Waals surface area contributed by atoms with Gasteiger partial charge in [0.2, 0.25) is 0 Å². The summed E-state index contributed by atoms with van der Waals surface area (Å²) in [5.74, 6) is 5.32. The minimum absolute atomic E-state index is 0.214. The predicted molar refractivity (Wildman–Crippen MR) is 79.1 cm³/mol. The minimum atomic E-state index is -0.289. The van der Waals surface area contributed by atoms with E-state index in [2.05, 4.69) is 40.4 Å². The first-order valence-electron chi connectivity index (χ1n) is 6.15. The van der Waals surface area contributed by atoms with Gasteiger partial charge in [0.05, 0.1) is 10.5 Å². The molecular formula is C15H16BrFN2. The van der Waals surface area contributed by atoms with Crippen molar-refractivity contribution in [3.63, 3.8) is 0 Å². The average Bonchev–Trinajstić information content (AvgIpc) is 2.44. The fraction of sp³-hybridized carbons (Fsp3) is 0.200. The van der Waals surface area contributed by atoms with Gasteiger partial charge in [-0.2, -0.15) is 0 Å². The molecule has 0 saturated carbocycles. The lowest BCUT2D eigenvalue weighted by Gasteiger charge is -2.17. The molecule has 0 aliphatic rings. The number of halogens is 2. The molecule has 0 bridgehead atoms. The van der Waals surface area contributed by atoms with Gasteiger partial charge >= 0.3 is 0 Å². The van der Waals surface area contributed by atoms with Crippen molar-refractivity contribution in [2.24, 2.45) is 5.84 Å². The fourth-order valence-electron chi connectivity index (χ4n) is 2.02. The predicted octanol–water partition coefficient (Wildman–Crippen LogP) is 3.70. The number of aryl methyl sites for hydroxylation is 1. The zero-order chi connectivity index (χ0) is 13.8. The summed E-state index contributed by atoms with van der Waals surface area (Å²) in [6, 6.07) is 13.0. The molecule has 0 radical (unpaired) electrons. The Hall–Kier alpha value is -1.23. The number of nitrogens with two attached hydrogens (primary N) is 1. The molecule has 2 aromatic carbocycles.